The van der Waals surface area contributed by atoms with E-state index in [9.17, 15) is 34.1 Å². The fourth-order valence-electron chi connectivity index (χ4n) is 3.64. The summed E-state index contributed by atoms with van der Waals surface area (Å²) in [6, 6.07) is 5.20. The lowest BCUT2D eigenvalue weighted by molar-refractivity contribution is -0.387. The monoisotopic (exact) mass is 771 g/mol. The maximum atomic E-state index is 10.8. The third-order valence-corrected chi connectivity index (χ3v) is 7.78. The Morgan fingerprint density at radius 3 is 2.20 bits per heavy atom. The third-order valence-electron chi connectivity index (χ3n) is 6.18. The number of carboxylic acids is 4. The number of unbranched alkanes of at least 4 members (excludes halogenated alkanes) is 3. The van der Waals surface area contributed by atoms with E-state index in [0.717, 1.165) is 25.7 Å². The van der Waals surface area contributed by atoms with Gasteiger partial charge >= 0.3 is 23.9 Å². The lowest BCUT2D eigenvalue weighted by Crippen LogP contribution is -2.45. The van der Waals surface area contributed by atoms with Crippen LogP contribution in [0.25, 0.3) is 0 Å². The minimum Gasteiger partial charge on any atom is -0.481 e. The third kappa shape index (κ3) is 21.3. The van der Waals surface area contributed by atoms with Crippen LogP contribution in [0, 0.1) is 16.0 Å². The average Bonchev–Trinajstić information content (AvgIpc) is 3.00. The van der Waals surface area contributed by atoms with Gasteiger partial charge in [0.1, 0.15) is 17.0 Å². The summed E-state index contributed by atoms with van der Waals surface area (Å²) in [4.78, 5) is 63.2. The topological polar surface area (TPSA) is 272 Å². The normalized spacial score (nSPS) is 16.0. The smallest absolute Gasteiger partial charge is 0.320 e. The number of aliphatic carboxylic acids is 4. The van der Waals surface area contributed by atoms with Crippen molar-refractivity contribution in [2.75, 3.05) is 24.1 Å². The first-order valence-electron chi connectivity index (χ1n) is 14.1. The highest BCUT2D eigenvalue weighted by Gasteiger charge is 2.28. The van der Waals surface area contributed by atoms with Crippen molar-refractivity contribution >= 4 is 70.0 Å². The zero-order valence-corrected chi connectivity index (χ0v) is 27.7. The van der Waals surface area contributed by atoms with E-state index in [0.29, 0.717) is 48.1 Å². The second kappa shape index (κ2) is 25.2. The fraction of sp³-hybridized carbons (Fsp3) is 0.593. The summed E-state index contributed by atoms with van der Waals surface area (Å²) >= 11 is 3.22. The zero-order chi connectivity index (χ0) is 34.2. The second-order valence-corrected chi connectivity index (χ2v) is 11.5. The van der Waals surface area contributed by atoms with Crippen LogP contribution >= 0.6 is 34.5 Å². The highest BCUT2D eigenvalue weighted by molar-refractivity contribution is 14.1. The first-order chi connectivity index (χ1) is 21.3. The summed E-state index contributed by atoms with van der Waals surface area (Å²) in [6.45, 7) is 1.54. The van der Waals surface area contributed by atoms with Gasteiger partial charge in [-0.05, 0) is 63.0 Å². The van der Waals surface area contributed by atoms with E-state index in [1.807, 2.05) is 22.6 Å². The number of nitro benzene ring substituents is 1. The molecule has 2 rings (SSSR count). The largest absolute Gasteiger partial charge is 0.481 e. The number of nitrogens with one attached hydrogen (secondary N) is 3. The van der Waals surface area contributed by atoms with E-state index in [-0.39, 0.29) is 24.6 Å². The van der Waals surface area contributed by atoms with Crippen molar-refractivity contribution in [3.63, 3.8) is 0 Å². The van der Waals surface area contributed by atoms with Gasteiger partial charge in [-0.3, -0.25) is 38.8 Å². The molecule has 0 saturated carbocycles. The maximum Gasteiger partial charge on any atom is 0.320 e. The molecule has 0 aliphatic carbocycles. The predicted octanol–water partition coefficient (Wildman–Crippen LogP) is 2.48. The predicted molar refractivity (Wildman–Crippen MR) is 174 cm³/mol. The van der Waals surface area contributed by atoms with Crippen LogP contribution in [0.2, 0.25) is 0 Å². The van der Waals surface area contributed by atoms with Gasteiger partial charge in [-0.1, -0.05) is 41.1 Å². The Labute approximate surface area is 278 Å². The van der Waals surface area contributed by atoms with Crippen molar-refractivity contribution in [3.05, 3.63) is 34.4 Å². The number of nitro groups is 1. The molecule has 1 fully saturated rings. The van der Waals surface area contributed by atoms with Gasteiger partial charge in [0.2, 0.25) is 5.91 Å². The van der Waals surface area contributed by atoms with Gasteiger partial charge in [-0.2, -0.15) is 0 Å². The number of piperidine rings is 1. The summed E-state index contributed by atoms with van der Waals surface area (Å²) in [6.07, 6.45) is 5.31. The van der Waals surface area contributed by atoms with Gasteiger partial charge in [0.05, 0.1) is 15.3 Å². The highest BCUT2D eigenvalue weighted by Crippen LogP contribution is 2.26. The van der Waals surface area contributed by atoms with E-state index in [2.05, 4.69) is 15.4 Å². The molecule has 1 amide bonds. The summed E-state index contributed by atoms with van der Waals surface area (Å²) in [5.41, 5.74) is 5.39. The van der Waals surface area contributed by atoms with Gasteiger partial charge in [0.25, 0.3) is 5.69 Å². The Hall–Kier alpha value is -3.07. The molecule has 18 heteroatoms. The molecule has 0 unspecified atom stereocenters. The number of hydrogen-bond acceptors (Lipinski definition) is 11. The molecular weight excluding hydrogens is 729 g/mol. The van der Waals surface area contributed by atoms with Crippen LogP contribution in [0.3, 0.4) is 0 Å². The van der Waals surface area contributed by atoms with Crippen LogP contribution in [0.15, 0.2) is 29.2 Å². The zero-order valence-electron chi connectivity index (χ0n) is 24.7. The number of hydrogen-bond donors (Lipinski definition) is 8. The van der Waals surface area contributed by atoms with Gasteiger partial charge in [-0.15, -0.1) is 0 Å². The van der Waals surface area contributed by atoms with Crippen LogP contribution in [0.1, 0.15) is 57.8 Å². The quantitative estimate of drug-likeness (QED) is 0.0266. The van der Waals surface area contributed by atoms with Crippen LogP contribution in [0.5, 0.6) is 0 Å². The van der Waals surface area contributed by atoms with Crippen molar-refractivity contribution in [2.45, 2.75) is 74.8 Å². The van der Waals surface area contributed by atoms with Crippen molar-refractivity contribution in [3.8, 4) is 0 Å². The van der Waals surface area contributed by atoms with Gasteiger partial charge in [0.15, 0.2) is 0 Å². The van der Waals surface area contributed by atoms with Crippen LogP contribution in [-0.2, 0) is 24.0 Å². The number of carbonyl (C=O) groups excluding carboxylic acids is 1. The van der Waals surface area contributed by atoms with Crippen molar-refractivity contribution in [1.29, 1.82) is 0 Å². The second-order valence-electron chi connectivity index (χ2n) is 9.76. The van der Waals surface area contributed by atoms with Crippen molar-refractivity contribution in [2.24, 2.45) is 11.7 Å². The molecule has 45 heavy (non-hydrogen) atoms. The van der Waals surface area contributed by atoms with Crippen LogP contribution in [-0.4, -0.2) is 91.3 Å². The highest BCUT2D eigenvalue weighted by atomic mass is 127. The number of nitrogens with zero attached hydrogens (tertiary/aromatic N) is 1. The Morgan fingerprint density at radius 2 is 1.67 bits per heavy atom. The van der Waals surface area contributed by atoms with E-state index in [1.54, 1.807) is 18.2 Å². The summed E-state index contributed by atoms with van der Waals surface area (Å²) in [5, 5.41) is 50.2. The number of carboxylic acid groups (broad SMARTS) is 4. The molecule has 3 atom stereocenters. The average molecular weight is 772 g/mol. The minimum absolute atomic E-state index is 0.00753. The molecule has 1 heterocycles. The first kappa shape index (κ1) is 41.9. The maximum absolute atomic E-state index is 10.8. The number of nitrogens with two attached hydrogens (primary N) is 1. The SMILES string of the molecule is N[C@@H](CCCCNC(=O)CI)C(=O)O.O=C(O)CCCCCNSc1ccccc1[N+](=O)[O-].O=C(O)[C@@H]1CC[C@H](C(=O)O)NC1. The van der Waals surface area contributed by atoms with Crippen molar-refractivity contribution < 1.29 is 49.3 Å². The summed E-state index contributed by atoms with van der Waals surface area (Å²) in [7, 11) is 0. The first-order valence-corrected chi connectivity index (χ1v) is 16.5. The number of rotatable bonds is 18. The molecule has 0 spiro atoms. The lowest BCUT2D eigenvalue weighted by atomic mass is 9.95. The van der Waals surface area contributed by atoms with E-state index < -0.39 is 46.8 Å². The van der Waals surface area contributed by atoms with Crippen LogP contribution in [0.4, 0.5) is 5.69 Å². The molecule has 1 saturated heterocycles. The molecule has 0 aromatic heterocycles. The van der Waals surface area contributed by atoms with E-state index >= 15 is 0 Å². The molecule has 16 nitrogen and oxygen atoms in total. The molecule has 254 valence electrons. The minimum atomic E-state index is -0.971. The van der Waals surface area contributed by atoms with Gasteiger partial charge in [0, 0.05) is 32.1 Å². The van der Waals surface area contributed by atoms with E-state index in [4.69, 9.17) is 26.2 Å². The fourth-order valence-corrected chi connectivity index (χ4v) is 4.70. The van der Waals surface area contributed by atoms with Gasteiger partial charge in [-0.25, -0.2) is 0 Å². The molecule has 9 N–H and O–H groups in total. The molecular formula is C27H42IN5O11S. The van der Waals surface area contributed by atoms with E-state index in [1.165, 1.54) is 18.0 Å². The number of benzene rings is 1. The number of amides is 1. The molecule has 1 aromatic carbocycles. The molecule has 0 bridgehead atoms. The van der Waals surface area contributed by atoms with Crippen LogP contribution < -0.4 is 21.1 Å². The summed E-state index contributed by atoms with van der Waals surface area (Å²) in [5.74, 6) is -3.93. The Morgan fingerprint density at radius 1 is 1.00 bits per heavy atom. The lowest BCUT2D eigenvalue weighted by Gasteiger charge is -2.24. The molecule has 1 aliphatic heterocycles. The summed E-state index contributed by atoms with van der Waals surface area (Å²) < 4.78 is 3.50. The van der Waals surface area contributed by atoms with Gasteiger partial charge < -0.3 is 36.8 Å². The Bertz CT molecular complexity index is 1070. The molecule has 1 aliphatic rings. The number of alkyl halides is 1. The molecule has 1 aromatic rings. The number of para-hydroxylation sites is 1. The van der Waals surface area contributed by atoms with Crippen molar-refractivity contribution in [1.82, 2.24) is 15.4 Å². The Kier molecular flexibility index (Phi) is 23.4. The number of carbonyl (C=O) groups is 5. The Balaban J connectivity index is 0.000000666. The molecule has 0 radical (unpaired) electrons. The number of halogens is 1. The standard InChI is InChI=1S/C12H16N2O4S.C8H15IN2O3.C7H11NO4/c15-12(16)8-2-1-5-9-13-19-11-7-4-3-6-10(11)14(17)18;9-5-7(12)11-4-2-1-3-6(10)8(13)14;9-6(10)4-1-2-5(7(11)12)8-3-4/h3-4,6-7,13H,1-2,5,8-9H2,(H,15,16);6H,1-5,10H2,(H,11,12)(H,13,14);4-5,8H,1-3H2,(H,9,10)(H,11,12)/t;6-;4-,5-/m.01/s1.